The Hall–Kier alpha value is -1.96. The zero-order chi connectivity index (χ0) is 18.5. The number of fused-ring (bicyclic) bond motifs is 2. The topological polar surface area (TPSA) is 59.4 Å². The maximum absolute atomic E-state index is 13.1. The third-order valence-corrected chi connectivity index (χ3v) is 7.59. The fraction of sp³-hybridized carbons (Fsp3) is 0.316. The van der Waals surface area contributed by atoms with E-state index in [0.29, 0.717) is 24.2 Å². The summed E-state index contributed by atoms with van der Waals surface area (Å²) in [6, 6.07) is 13.0. The maximum Gasteiger partial charge on any atom is 0.308 e. The van der Waals surface area contributed by atoms with Gasteiger partial charge in [-0.3, -0.25) is 9.36 Å². The van der Waals surface area contributed by atoms with Gasteiger partial charge < -0.3 is 0 Å². The summed E-state index contributed by atoms with van der Waals surface area (Å²) in [5.74, 6) is 0. The van der Waals surface area contributed by atoms with Crippen molar-refractivity contribution in [2.45, 2.75) is 37.8 Å². The molecule has 4 rings (SSSR count). The van der Waals surface area contributed by atoms with Crippen LogP contribution in [0.15, 0.2) is 52.2 Å². The van der Waals surface area contributed by atoms with Gasteiger partial charge >= 0.3 is 4.87 Å². The van der Waals surface area contributed by atoms with Gasteiger partial charge in [0, 0.05) is 19.1 Å². The number of hydrogen-bond donors (Lipinski definition) is 0. The second-order valence-corrected chi connectivity index (χ2v) is 9.75. The van der Waals surface area contributed by atoms with Gasteiger partial charge in [0.2, 0.25) is 10.0 Å². The van der Waals surface area contributed by atoms with Gasteiger partial charge in [-0.1, -0.05) is 35.6 Å². The van der Waals surface area contributed by atoms with Crippen LogP contribution >= 0.6 is 11.3 Å². The van der Waals surface area contributed by atoms with Crippen LogP contribution in [-0.4, -0.2) is 23.8 Å². The summed E-state index contributed by atoms with van der Waals surface area (Å²) in [5.41, 5.74) is 3.05. The molecule has 1 aromatic heterocycles. The van der Waals surface area contributed by atoms with E-state index in [1.165, 1.54) is 9.87 Å². The van der Waals surface area contributed by atoms with Crippen LogP contribution in [0.25, 0.3) is 10.2 Å². The number of rotatable bonds is 3. The van der Waals surface area contributed by atoms with Crippen LogP contribution in [0, 0.1) is 0 Å². The van der Waals surface area contributed by atoms with Crippen LogP contribution in [-0.2, 0) is 23.0 Å². The highest BCUT2D eigenvalue weighted by molar-refractivity contribution is 7.89. The lowest BCUT2D eigenvalue weighted by Crippen LogP contribution is -2.35. The molecule has 26 heavy (non-hydrogen) atoms. The van der Waals surface area contributed by atoms with Crippen LogP contribution in [0.1, 0.15) is 31.0 Å². The first kappa shape index (κ1) is 17.5. The van der Waals surface area contributed by atoms with Gasteiger partial charge in [0.1, 0.15) is 0 Å². The number of sulfonamides is 1. The molecule has 7 heteroatoms. The number of aromatic nitrogens is 1. The molecular weight excluding hydrogens is 368 g/mol. The van der Waals surface area contributed by atoms with Gasteiger partial charge in [-0.25, -0.2) is 8.42 Å². The summed E-state index contributed by atoms with van der Waals surface area (Å²) in [6.45, 7) is 4.76. The Bertz CT molecular complexity index is 1140. The first-order valence-corrected chi connectivity index (χ1v) is 10.9. The van der Waals surface area contributed by atoms with Crippen LogP contribution in [0.2, 0.25) is 0 Å². The molecule has 0 N–H and O–H groups in total. The average Bonchev–Trinajstić information content (AvgIpc) is 2.96. The molecular formula is C19H20N2O3S2. The van der Waals surface area contributed by atoms with E-state index in [2.05, 4.69) is 6.07 Å². The van der Waals surface area contributed by atoms with Gasteiger partial charge in [0.25, 0.3) is 0 Å². The minimum atomic E-state index is -3.59. The molecule has 0 spiro atoms. The number of hydrogen-bond acceptors (Lipinski definition) is 4. The Morgan fingerprint density at radius 3 is 2.54 bits per heavy atom. The highest BCUT2D eigenvalue weighted by Gasteiger charge is 2.28. The van der Waals surface area contributed by atoms with E-state index < -0.39 is 10.0 Å². The van der Waals surface area contributed by atoms with E-state index in [9.17, 15) is 13.2 Å². The zero-order valence-corrected chi connectivity index (χ0v) is 16.3. The molecule has 0 unspecified atom stereocenters. The summed E-state index contributed by atoms with van der Waals surface area (Å²) in [7, 11) is -3.59. The van der Waals surface area contributed by atoms with Crippen molar-refractivity contribution in [3.05, 3.63) is 63.3 Å². The third kappa shape index (κ3) is 2.80. The second-order valence-electron chi connectivity index (χ2n) is 6.82. The minimum Gasteiger partial charge on any atom is -0.296 e. The van der Waals surface area contributed by atoms with Crippen molar-refractivity contribution in [3.8, 4) is 0 Å². The minimum absolute atomic E-state index is 0.0392. The average molecular weight is 389 g/mol. The Morgan fingerprint density at radius 2 is 1.81 bits per heavy atom. The molecule has 0 bridgehead atoms. The number of nitrogens with zero attached hydrogens (tertiary/aromatic N) is 2. The quantitative estimate of drug-likeness (QED) is 0.691. The normalized spacial score (nSPS) is 15.5. The largest absolute Gasteiger partial charge is 0.308 e. The second kappa shape index (κ2) is 6.33. The van der Waals surface area contributed by atoms with Crippen molar-refractivity contribution in [3.63, 3.8) is 0 Å². The summed E-state index contributed by atoms with van der Waals surface area (Å²) in [6.07, 6.45) is 0.717. The molecule has 5 nitrogen and oxygen atoms in total. The zero-order valence-electron chi connectivity index (χ0n) is 14.7. The maximum atomic E-state index is 13.1. The fourth-order valence-electron chi connectivity index (χ4n) is 3.49. The highest BCUT2D eigenvalue weighted by Crippen LogP contribution is 2.28. The molecule has 2 aromatic carbocycles. The number of benzene rings is 2. The molecule has 0 aliphatic carbocycles. The molecule has 136 valence electrons. The van der Waals surface area contributed by atoms with E-state index in [-0.39, 0.29) is 15.8 Å². The van der Waals surface area contributed by atoms with Crippen molar-refractivity contribution in [1.29, 1.82) is 0 Å². The Balaban J connectivity index is 1.74. The first-order chi connectivity index (χ1) is 12.4. The molecule has 0 fully saturated rings. The Morgan fingerprint density at radius 1 is 1.08 bits per heavy atom. The van der Waals surface area contributed by atoms with Crippen molar-refractivity contribution >= 4 is 31.6 Å². The van der Waals surface area contributed by atoms with Gasteiger partial charge in [-0.15, -0.1) is 0 Å². The Labute approximate surface area is 156 Å². The molecule has 0 radical (unpaired) electrons. The predicted molar refractivity (Wildman–Crippen MR) is 104 cm³/mol. The third-order valence-electron chi connectivity index (χ3n) is 4.83. The lowest BCUT2D eigenvalue weighted by molar-refractivity contribution is 0.391. The van der Waals surface area contributed by atoms with Crippen molar-refractivity contribution in [2.75, 3.05) is 6.54 Å². The summed E-state index contributed by atoms with van der Waals surface area (Å²) < 4.78 is 30.2. The van der Waals surface area contributed by atoms with E-state index in [0.717, 1.165) is 22.4 Å². The van der Waals surface area contributed by atoms with Gasteiger partial charge in [-0.05, 0) is 49.6 Å². The molecule has 3 aromatic rings. The lowest BCUT2D eigenvalue weighted by atomic mass is 10.0. The van der Waals surface area contributed by atoms with E-state index >= 15 is 0 Å². The monoisotopic (exact) mass is 388 g/mol. The molecule has 1 aliphatic heterocycles. The first-order valence-electron chi connectivity index (χ1n) is 8.60. The van der Waals surface area contributed by atoms with E-state index in [1.54, 1.807) is 22.8 Å². The molecule has 0 saturated carbocycles. The molecule has 0 atom stereocenters. The SMILES string of the molecule is CC(C)n1c(=O)sc2cc(S(=O)(=O)N3CCc4ccccc4C3)ccc21. The van der Waals surface area contributed by atoms with Gasteiger partial charge in [0.15, 0.2) is 0 Å². The summed E-state index contributed by atoms with van der Waals surface area (Å²) in [5, 5.41) is 0. The summed E-state index contributed by atoms with van der Waals surface area (Å²) in [4.78, 5) is 12.4. The van der Waals surface area contributed by atoms with Crippen LogP contribution in [0.4, 0.5) is 0 Å². The van der Waals surface area contributed by atoms with Crippen LogP contribution in [0.5, 0.6) is 0 Å². The standard InChI is InChI=1S/C19H20N2O3S2/c1-13(2)21-17-8-7-16(11-18(17)25-19(21)22)26(23,24)20-10-9-14-5-3-4-6-15(14)12-20/h3-8,11,13H,9-10,12H2,1-2H3. The molecule has 1 aliphatic rings. The van der Waals surface area contributed by atoms with Crippen molar-refractivity contribution in [2.24, 2.45) is 0 Å². The van der Waals surface area contributed by atoms with Crippen molar-refractivity contribution in [1.82, 2.24) is 8.87 Å². The molecule has 2 heterocycles. The van der Waals surface area contributed by atoms with Crippen molar-refractivity contribution < 1.29 is 8.42 Å². The predicted octanol–water partition coefficient (Wildman–Crippen LogP) is 3.39. The van der Waals surface area contributed by atoms with Crippen LogP contribution < -0.4 is 4.87 Å². The molecule has 0 amide bonds. The van der Waals surface area contributed by atoms with Gasteiger partial charge in [0.05, 0.1) is 15.1 Å². The van der Waals surface area contributed by atoms with E-state index in [1.807, 2.05) is 32.0 Å². The fourth-order valence-corrected chi connectivity index (χ4v) is 6.06. The smallest absolute Gasteiger partial charge is 0.296 e. The Kier molecular flexibility index (Phi) is 4.25. The number of thiazole rings is 1. The molecule has 0 saturated heterocycles. The lowest BCUT2D eigenvalue weighted by Gasteiger charge is -2.28. The summed E-state index contributed by atoms with van der Waals surface area (Å²) >= 11 is 1.10. The van der Waals surface area contributed by atoms with Crippen LogP contribution in [0.3, 0.4) is 0 Å². The van der Waals surface area contributed by atoms with E-state index in [4.69, 9.17) is 0 Å². The highest BCUT2D eigenvalue weighted by atomic mass is 32.2. The van der Waals surface area contributed by atoms with Gasteiger partial charge in [-0.2, -0.15) is 4.31 Å².